The first kappa shape index (κ1) is 16.9. The smallest absolute Gasteiger partial charge is 0.152 e. The number of ketones is 1. The molecule has 6 nitrogen and oxygen atoms in total. The first-order valence-corrected chi connectivity index (χ1v) is 10.3. The van der Waals surface area contributed by atoms with Crippen LogP contribution in [0.1, 0.15) is 36.4 Å². The van der Waals surface area contributed by atoms with E-state index in [1.807, 2.05) is 25.1 Å². The van der Waals surface area contributed by atoms with Crippen molar-refractivity contribution in [2.75, 3.05) is 6.54 Å². The number of fused-ring (bicyclic) bond motifs is 3. The van der Waals surface area contributed by atoms with Crippen molar-refractivity contribution >= 4 is 28.0 Å². The molecule has 1 aromatic carbocycles. The van der Waals surface area contributed by atoms with Crippen LogP contribution >= 0.6 is 11.3 Å². The highest BCUT2D eigenvalue weighted by Crippen LogP contribution is 2.37. The second-order valence-electron chi connectivity index (χ2n) is 7.59. The van der Waals surface area contributed by atoms with Gasteiger partial charge in [0.1, 0.15) is 10.0 Å². The van der Waals surface area contributed by atoms with Crippen molar-refractivity contribution in [1.82, 2.24) is 25.3 Å². The van der Waals surface area contributed by atoms with E-state index in [4.69, 9.17) is 0 Å². The first-order chi connectivity index (χ1) is 13.2. The largest absolute Gasteiger partial charge is 0.298 e. The number of carbonyl (C=O) groups is 1. The highest BCUT2D eigenvalue weighted by atomic mass is 32.1. The summed E-state index contributed by atoms with van der Waals surface area (Å²) in [6.07, 6.45) is 5.35. The average molecular weight is 379 g/mol. The SMILES string of the molecule is Cc1nnc(-c2ccc3nnc(CC(=O)CN4C5CCC4CC5)cc3c2)s1. The molecule has 0 N–H and O–H groups in total. The molecular weight excluding hydrogens is 358 g/mol. The predicted octanol–water partition coefficient (Wildman–Crippen LogP) is 3.20. The van der Waals surface area contributed by atoms with Gasteiger partial charge in [-0.15, -0.1) is 10.2 Å². The number of carbonyl (C=O) groups excluding carboxylic acids is 1. The van der Waals surface area contributed by atoms with Crippen LogP contribution in [0.15, 0.2) is 24.3 Å². The Bertz CT molecular complexity index is 997. The summed E-state index contributed by atoms with van der Waals surface area (Å²) in [5.74, 6) is 0.235. The van der Waals surface area contributed by atoms with Crippen LogP contribution in [0, 0.1) is 6.92 Å². The van der Waals surface area contributed by atoms with Crippen LogP contribution < -0.4 is 0 Å². The van der Waals surface area contributed by atoms with Crippen LogP contribution in [-0.2, 0) is 11.2 Å². The molecule has 0 saturated carbocycles. The quantitative estimate of drug-likeness (QED) is 0.678. The average Bonchev–Trinajstić information content (AvgIpc) is 3.37. The highest BCUT2D eigenvalue weighted by Gasteiger charge is 2.39. The number of aromatic nitrogens is 4. The third-order valence-electron chi connectivity index (χ3n) is 5.75. The van der Waals surface area contributed by atoms with Gasteiger partial charge in [0.25, 0.3) is 0 Å². The van der Waals surface area contributed by atoms with Gasteiger partial charge in [0.05, 0.1) is 24.2 Å². The lowest BCUT2D eigenvalue weighted by Crippen LogP contribution is -2.34. The van der Waals surface area contributed by atoms with E-state index in [0.717, 1.165) is 32.2 Å². The molecule has 2 aliphatic heterocycles. The lowest BCUT2D eigenvalue weighted by Gasteiger charge is -2.20. The first-order valence-electron chi connectivity index (χ1n) is 9.50. The zero-order valence-electron chi connectivity index (χ0n) is 15.3. The molecule has 5 rings (SSSR count). The van der Waals surface area contributed by atoms with Crippen molar-refractivity contribution in [3.63, 3.8) is 0 Å². The van der Waals surface area contributed by atoms with Gasteiger partial charge >= 0.3 is 0 Å². The third kappa shape index (κ3) is 3.26. The van der Waals surface area contributed by atoms with E-state index in [1.165, 1.54) is 25.7 Å². The zero-order chi connectivity index (χ0) is 18.4. The number of benzene rings is 1. The molecule has 2 saturated heterocycles. The van der Waals surface area contributed by atoms with Gasteiger partial charge < -0.3 is 0 Å². The minimum absolute atomic E-state index is 0.235. The summed E-state index contributed by atoms with van der Waals surface area (Å²) in [4.78, 5) is 15.0. The Kier molecular flexibility index (Phi) is 4.21. The number of Topliss-reactive ketones (excluding diaryl/α,β-unsaturated/α-hetero) is 1. The van der Waals surface area contributed by atoms with Gasteiger partial charge in [0, 0.05) is 23.0 Å². The molecule has 0 amide bonds. The fourth-order valence-electron chi connectivity index (χ4n) is 4.46. The van der Waals surface area contributed by atoms with Crippen molar-refractivity contribution < 1.29 is 4.79 Å². The van der Waals surface area contributed by atoms with Gasteiger partial charge in [-0.05, 0) is 56.9 Å². The molecule has 0 radical (unpaired) electrons. The molecule has 4 heterocycles. The van der Waals surface area contributed by atoms with Gasteiger partial charge in [-0.1, -0.05) is 11.3 Å². The standard InChI is InChI=1S/C20H21N5OS/c1-12-21-24-20(27-12)13-2-7-19-14(8-13)9-15(22-23-19)10-18(26)11-25-16-3-4-17(25)6-5-16/h2,7-9,16-17H,3-6,10-11H2,1H3. The number of aryl methyl sites for hydroxylation is 1. The van der Waals surface area contributed by atoms with Gasteiger partial charge in [0.15, 0.2) is 5.78 Å². The molecule has 138 valence electrons. The van der Waals surface area contributed by atoms with E-state index in [9.17, 15) is 4.79 Å². The van der Waals surface area contributed by atoms with Crippen LogP contribution in [0.4, 0.5) is 0 Å². The predicted molar refractivity (Wildman–Crippen MR) is 105 cm³/mol. The van der Waals surface area contributed by atoms with Crippen molar-refractivity contribution in [3.05, 3.63) is 35.0 Å². The summed E-state index contributed by atoms with van der Waals surface area (Å²) in [7, 11) is 0. The Morgan fingerprint density at radius 3 is 2.56 bits per heavy atom. The summed E-state index contributed by atoms with van der Waals surface area (Å²) in [6, 6.07) is 9.22. The summed E-state index contributed by atoms with van der Waals surface area (Å²) in [6.45, 7) is 2.50. The maximum atomic E-state index is 12.6. The second kappa shape index (κ2) is 6.73. The molecule has 2 fully saturated rings. The van der Waals surface area contributed by atoms with E-state index in [1.54, 1.807) is 11.3 Å². The van der Waals surface area contributed by atoms with E-state index in [2.05, 4.69) is 31.4 Å². The number of rotatable bonds is 5. The Morgan fingerprint density at radius 2 is 1.85 bits per heavy atom. The third-order valence-corrected chi connectivity index (χ3v) is 6.64. The minimum atomic E-state index is 0.235. The topological polar surface area (TPSA) is 71.9 Å². The van der Waals surface area contributed by atoms with Gasteiger partial charge in [-0.2, -0.15) is 10.2 Å². The molecule has 0 aliphatic carbocycles. The Hall–Kier alpha value is -2.25. The molecular formula is C20H21N5OS. The van der Waals surface area contributed by atoms with Gasteiger partial charge in [-0.3, -0.25) is 9.69 Å². The van der Waals surface area contributed by atoms with Crippen molar-refractivity contribution in [1.29, 1.82) is 0 Å². The molecule has 7 heteroatoms. The minimum Gasteiger partial charge on any atom is -0.298 e. The van der Waals surface area contributed by atoms with Crippen LogP contribution in [0.2, 0.25) is 0 Å². The van der Waals surface area contributed by atoms with Gasteiger partial charge in [0.2, 0.25) is 0 Å². The molecule has 0 atom stereocenters. The second-order valence-corrected chi connectivity index (χ2v) is 8.77. The summed E-state index contributed by atoms with van der Waals surface area (Å²) >= 11 is 1.57. The molecule has 0 unspecified atom stereocenters. The fourth-order valence-corrected chi connectivity index (χ4v) is 5.15. The van der Waals surface area contributed by atoms with E-state index < -0.39 is 0 Å². The molecule has 2 bridgehead atoms. The fraction of sp³-hybridized carbons (Fsp3) is 0.450. The van der Waals surface area contributed by atoms with E-state index in [-0.39, 0.29) is 5.78 Å². The summed E-state index contributed by atoms with van der Waals surface area (Å²) in [5, 5.41) is 19.7. The molecule has 0 spiro atoms. The molecule has 3 aromatic rings. The maximum absolute atomic E-state index is 12.6. The number of hydrogen-bond donors (Lipinski definition) is 0. The monoisotopic (exact) mass is 379 g/mol. The van der Waals surface area contributed by atoms with Gasteiger partial charge in [-0.25, -0.2) is 0 Å². The van der Waals surface area contributed by atoms with E-state index >= 15 is 0 Å². The molecule has 27 heavy (non-hydrogen) atoms. The van der Waals surface area contributed by atoms with Crippen molar-refractivity contribution in [2.45, 2.75) is 51.1 Å². The van der Waals surface area contributed by atoms with Crippen LogP contribution in [0.3, 0.4) is 0 Å². The van der Waals surface area contributed by atoms with Crippen LogP contribution in [0.25, 0.3) is 21.5 Å². The lowest BCUT2D eigenvalue weighted by molar-refractivity contribution is -0.119. The van der Waals surface area contributed by atoms with Crippen LogP contribution in [0.5, 0.6) is 0 Å². The highest BCUT2D eigenvalue weighted by molar-refractivity contribution is 7.14. The molecule has 2 aliphatic rings. The lowest BCUT2D eigenvalue weighted by atomic mass is 10.0. The van der Waals surface area contributed by atoms with Crippen molar-refractivity contribution in [2.24, 2.45) is 0 Å². The Morgan fingerprint density at radius 1 is 1.07 bits per heavy atom. The Labute approximate surface area is 161 Å². The normalized spacial score (nSPS) is 22.0. The summed E-state index contributed by atoms with van der Waals surface area (Å²) in [5.41, 5.74) is 2.59. The van der Waals surface area contributed by atoms with Crippen LogP contribution in [-0.4, -0.2) is 49.7 Å². The zero-order valence-corrected chi connectivity index (χ0v) is 16.1. The molecule has 2 aromatic heterocycles. The summed E-state index contributed by atoms with van der Waals surface area (Å²) < 4.78 is 0. The maximum Gasteiger partial charge on any atom is 0.152 e. The Balaban J connectivity index is 1.35. The number of hydrogen-bond acceptors (Lipinski definition) is 7. The van der Waals surface area contributed by atoms with Crippen molar-refractivity contribution in [3.8, 4) is 10.6 Å². The van der Waals surface area contributed by atoms with E-state index in [0.29, 0.717) is 25.0 Å². The number of nitrogens with zero attached hydrogens (tertiary/aromatic N) is 5.